The van der Waals surface area contributed by atoms with Gasteiger partial charge in [0, 0.05) is 6.42 Å². The van der Waals surface area contributed by atoms with E-state index in [9.17, 15) is 18.0 Å². The molecule has 0 spiro atoms. The van der Waals surface area contributed by atoms with E-state index in [0.717, 1.165) is 10.9 Å². The molecule has 0 saturated carbocycles. The third-order valence-electron chi connectivity index (χ3n) is 2.14. The molecule has 0 fully saturated rings. The van der Waals surface area contributed by atoms with Gasteiger partial charge in [0.1, 0.15) is 6.54 Å². The summed E-state index contributed by atoms with van der Waals surface area (Å²) in [4.78, 5) is 14.8. The van der Waals surface area contributed by atoms with E-state index in [-0.39, 0.29) is 12.4 Å². The first-order chi connectivity index (χ1) is 8.90. The summed E-state index contributed by atoms with van der Waals surface area (Å²) in [5.74, 6) is -1.39. The number of hydrogen-bond donors (Lipinski definition) is 0. The number of carbonyl (C=O) groups is 1. The number of alkyl halides is 3. The van der Waals surface area contributed by atoms with Crippen LogP contribution in [0.25, 0.3) is 0 Å². The molecule has 10 heteroatoms. The molecule has 0 aromatic carbocycles. The Bertz CT molecular complexity index is 589. The fourth-order valence-corrected chi connectivity index (χ4v) is 1.27. The normalized spacial score (nSPS) is 11.8. The average Bonchev–Trinajstić information content (AvgIpc) is 2.96. The standard InChI is InChI=1S/C9H8F3N5O2/c1-2-7-13-6(15-19-7)4-17-3-5(14-16-17)8(18)9(10,11)12/h3H,2,4H2,1H3. The Morgan fingerprint density at radius 1 is 1.47 bits per heavy atom. The molecule has 2 rings (SSSR count). The van der Waals surface area contributed by atoms with Crippen LogP contribution in [0.15, 0.2) is 10.7 Å². The van der Waals surface area contributed by atoms with E-state index in [4.69, 9.17) is 4.52 Å². The lowest BCUT2D eigenvalue weighted by atomic mass is 10.3. The van der Waals surface area contributed by atoms with Gasteiger partial charge in [-0.1, -0.05) is 17.3 Å². The van der Waals surface area contributed by atoms with E-state index < -0.39 is 17.7 Å². The lowest BCUT2D eigenvalue weighted by Gasteiger charge is -1.99. The van der Waals surface area contributed by atoms with Crippen molar-refractivity contribution in [1.82, 2.24) is 25.1 Å². The second-order valence-electron chi connectivity index (χ2n) is 3.59. The molecular formula is C9H8F3N5O2. The SMILES string of the molecule is CCc1nc(Cn2cc(C(=O)C(F)(F)F)nn2)no1. The highest BCUT2D eigenvalue weighted by molar-refractivity contribution is 5.98. The molecular weight excluding hydrogens is 267 g/mol. The van der Waals surface area contributed by atoms with Crippen LogP contribution in [-0.2, 0) is 13.0 Å². The van der Waals surface area contributed by atoms with Crippen LogP contribution in [0.4, 0.5) is 13.2 Å². The van der Waals surface area contributed by atoms with Crippen molar-refractivity contribution in [3.63, 3.8) is 0 Å². The maximum absolute atomic E-state index is 12.2. The molecule has 0 radical (unpaired) electrons. The van der Waals surface area contributed by atoms with E-state index in [2.05, 4.69) is 20.5 Å². The summed E-state index contributed by atoms with van der Waals surface area (Å²) in [5, 5.41) is 10.2. The van der Waals surface area contributed by atoms with Gasteiger partial charge in [0.25, 0.3) is 5.78 Å². The minimum absolute atomic E-state index is 0.0262. The zero-order valence-electron chi connectivity index (χ0n) is 9.68. The topological polar surface area (TPSA) is 86.7 Å². The number of nitrogens with zero attached hydrogens (tertiary/aromatic N) is 5. The lowest BCUT2D eigenvalue weighted by molar-refractivity contribution is -0.0888. The third-order valence-corrected chi connectivity index (χ3v) is 2.14. The first-order valence-corrected chi connectivity index (χ1v) is 5.23. The van der Waals surface area contributed by atoms with Crippen molar-refractivity contribution in [2.24, 2.45) is 0 Å². The second-order valence-corrected chi connectivity index (χ2v) is 3.59. The molecule has 2 aromatic rings. The van der Waals surface area contributed by atoms with Crippen LogP contribution < -0.4 is 0 Å². The Morgan fingerprint density at radius 2 is 2.21 bits per heavy atom. The number of rotatable bonds is 4. The highest BCUT2D eigenvalue weighted by atomic mass is 19.4. The number of aryl methyl sites for hydroxylation is 1. The molecule has 7 nitrogen and oxygen atoms in total. The molecule has 0 amide bonds. The van der Waals surface area contributed by atoms with Gasteiger partial charge >= 0.3 is 6.18 Å². The first-order valence-electron chi connectivity index (χ1n) is 5.23. The van der Waals surface area contributed by atoms with Gasteiger partial charge in [0.15, 0.2) is 11.5 Å². The number of Topliss-reactive ketones (excluding diaryl/α,β-unsaturated/α-hetero) is 1. The number of carbonyl (C=O) groups excluding carboxylic acids is 1. The van der Waals surface area contributed by atoms with Crippen molar-refractivity contribution < 1.29 is 22.5 Å². The van der Waals surface area contributed by atoms with Gasteiger partial charge in [-0.05, 0) is 0 Å². The van der Waals surface area contributed by atoms with Gasteiger partial charge in [0.05, 0.1) is 6.20 Å². The second kappa shape index (κ2) is 4.78. The molecule has 0 N–H and O–H groups in total. The molecule has 0 bridgehead atoms. The monoisotopic (exact) mass is 275 g/mol. The molecule has 0 aliphatic rings. The zero-order valence-corrected chi connectivity index (χ0v) is 9.68. The van der Waals surface area contributed by atoms with Gasteiger partial charge in [-0.2, -0.15) is 18.2 Å². The van der Waals surface area contributed by atoms with Gasteiger partial charge in [-0.15, -0.1) is 5.10 Å². The molecule has 0 unspecified atom stereocenters. The van der Waals surface area contributed by atoms with E-state index in [0.29, 0.717) is 12.3 Å². The summed E-state index contributed by atoms with van der Waals surface area (Å²) in [6.07, 6.45) is -3.54. The fourth-order valence-electron chi connectivity index (χ4n) is 1.27. The molecule has 0 aliphatic heterocycles. The fraction of sp³-hybridized carbons (Fsp3) is 0.444. The Balaban J connectivity index is 2.11. The maximum Gasteiger partial charge on any atom is 0.456 e. The van der Waals surface area contributed by atoms with Crippen molar-refractivity contribution in [2.45, 2.75) is 26.1 Å². The molecule has 0 aliphatic carbocycles. The van der Waals surface area contributed by atoms with E-state index in [1.54, 1.807) is 0 Å². The predicted octanol–water partition coefficient (Wildman–Crippen LogP) is 1.02. The van der Waals surface area contributed by atoms with Crippen molar-refractivity contribution in [1.29, 1.82) is 0 Å². The summed E-state index contributed by atoms with van der Waals surface area (Å²) < 4.78 is 42.3. The van der Waals surface area contributed by atoms with E-state index in [1.165, 1.54) is 0 Å². The Labute approximate surface area is 104 Å². The molecule has 2 heterocycles. The summed E-state index contributed by atoms with van der Waals surface area (Å²) in [6, 6.07) is 0. The van der Waals surface area contributed by atoms with Gasteiger partial charge in [0.2, 0.25) is 5.89 Å². The van der Waals surface area contributed by atoms with Crippen molar-refractivity contribution in [3.8, 4) is 0 Å². The third kappa shape index (κ3) is 2.95. The summed E-state index contributed by atoms with van der Waals surface area (Å²) in [6.45, 7) is 1.79. The lowest BCUT2D eigenvalue weighted by Crippen LogP contribution is -2.23. The van der Waals surface area contributed by atoms with Crippen LogP contribution in [0.3, 0.4) is 0 Å². The van der Waals surface area contributed by atoms with E-state index in [1.807, 2.05) is 6.92 Å². The van der Waals surface area contributed by atoms with Crippen LogP contribution in [0.1, 0.15) is 29.1 Å². The summed E-state index contributed by atoms with van der Waals surface area (Å²) >= 11 is 0. The Hall–Kier alpha value is -2.26. The Kier molecular flexibility index (Phi) is 3.32. The van der Waals surface area contributed by atoms with Crippen LogP contribution in [0.5, 0.6) is 0 Å². The van der Waals surface area contributed by atoms with Gasteiger partial charge in [-0.25, -0.2) is 4.68 Å². The summed E-state index contributed by atoms with van der Waals surface area (Å²) in [7, 11) is 0. The van der Waals surface area contributed by atoms with Gasteiger partial charge < -0.3 is 4.52 Å². The van der Waals surface area contributed by atoms with Crippen LogP contribution in [0, 0.1) is 0 Å². The highest BCUT2D eigenvalue weighted by Gasteiger charge is 2.41. The largest absolute Gasteiger partial charge is 0.456 e. The summed E-state index contributed by atoms with van der Waals surface area (Å²) in [5.41, 5.74) is -0.772. The molecule has 0 saturated heterocycles. The Morgan fingerprint density at radius 3 is 2.79 bits per heavy atom. The predicted molar refractivity (Wildman–Crippen MR) is 53.2 cm³/mol. The number of halogens is 3. The van der Waals surface area contributed by atoms with Gasteiger partial charge in [-0.3, -0.25) is 4.79 Å². The molecule has 19 heavy (non-hydrogen) atoms. The molecule has 0 atom stereocenters. The van der Waals surface area contributed by atoms with Crippen molar-refractivity contribution in [3.05, 3.63) is 23.6 Å². The van der Waals surface area contributed by atoms with Crippen LogP contribution in [0.2, 0.25) is 0 Å². The molecule has 2 aromatic heterocycles. The maximum atomic E-state index is 12.2. The van der Waals surface area contributed by atoms with Crippen LogP contribution in [-0.4, -0.2) is 37.1 Å². The quantitative estimate of drug-likeness (QED) is 0.774. The minimum atomic E-state index is -4.97. The average molecular weight is 275 g/mol. The highest BCUT2D eigenvalue weighted by Crippen LogP contribution is 2.19. The van der Waals surface area contributed by atoms with Crippen molar-refractivity contribution >= 4 is 5.78 Å². The first kappa shape index (κ1) is 13.2. The number of aromatic nitrogens is 5. The smallest absolute Gasteiger partial charge is 0.339 e. The minimum Gasteiger partial charge on any atom is -0.339 e. The number of hydrogen-bond acceptors (Lipinski definition) is 6. The molecule has 102 valence electrons. The van der Waals surface area contributed by atoms with E-state index >= 15 is 0 Å². The van der Waals surface area contributed by atoms with Crippen LogP contribution >= 0.6 is 0 Å². The number of ketones is 1. The van der Waals surface area contributed by atoms with Crippen molar-refractivity contribution in [2.75, 3.05) is 0 Å². The zero-order chi connectivity index (χ0) is 14.0.